The summed E-state index contributed by atoms with van der Waals surface area (Å²) in [5.41, 5.74) is 1.05. The molecule has 0 aliphatic rings. The van der Waals surface area contributed by atoms with Crippen LogP contribution in [0.1, 0.15) is 36.7 Å². The maximum absolute atomic E-state index is 11.4. The summed E-state index contributed by atoms with van der Waals surface area (Å²) in [6.07, 6.45) is 0. The summed E-state index contributed by atoms with van der Waals surface area (Å²) < 4.78 is 0.961. The first-order valence-corrected chi connectivity index (χ1v) is 6.56. The maximum Gasteiger partial charge on any atom is 0.336 e. The van der Waals surface area contributed by atoms with Gasteiger partial charge in [0.25, 0.3) is 0 Å². The summed E-state index contributed by atoms with van der Waals surface area (Å²) in [6.45, 7) is 6.11. The molecule has 0 atom stereocenters. The number of carbonyl (C=O) groups is 1. The fourth-order valence-corrected chi connectivity index (χ4v) is 2.64. The molecule has 0 saturated heterocycles. The lowest BCUT2D eigenvalue weighted by atomic mass is 9.80. The Morgan fingerprint density at radius 1 is 1.17 bits per heavy atom. The highest BCUT2D eigenvalue weighted by atomic mass is 79.9. The first-order chi connectivity index (χ1) is 8.30. The second-order valence-electron chi connectivity index (χ2n) is 5.41. The summed E-state index contributed by atoms with van der Waals surface area (Å²) in [5, 5.41) is 11.4. The molecular formula is C15H15BrO2. The van der Waals surface area contributed by atoms with Crippen molar-refractivity contribution >= 4 is 32.7 Å². The molecule has 0 bridgehead atoms. The van der Waals surface area contributed by atoms with Gasteiger partial charge in [-0.25, -0.2) is 4.79 Å². The average Bonchev–Trinajstić information content (AvgIpc) is 2.25. The molecule has 0 unspecified atom stereocenters. The third-order valence-electron chi connectivity index (χ3n) is 2.96. The molecule has 2 aromatic carbocycles. The molecule has 0 aliphatic heterocycles. The molecule has 2 rings (SSSR count). The van der Waals surface area contributed by atoms with Crippen LogP contribution >= 0.6 is 15.9 Å². The average molecular weight is 307 g/mol. The molecule has 0 aromatic heterocycles. The third kappa shape index (κ3) is 2.27. The molecule has 0 radical (unpaired) electrons. The van der Waals surface area contributed by atoms with Gasteiger partial charge in [-0.15, -0.1) is 0 Å². The Labute approximate surface area is 115 Å². The van der Waals surface area contributed by atoms with Crippen molar-refractivity contribution in [3.8, 4) is 0 Å². The van der Waals surface area contributed by atoms with Crippen molar-refractivity contribution in [2.24, 2.45) is 0 Å². The minimum absolute atomic E-state index is 0.214. The monoisotopic (exact) mass is 306 g/mol. The Morgan fingerprint density at radius 2 is 1.78 bits per heavy atom. The third-order valence-corrected chi connectivity index (χ3v) is 3.46. The van der Waals surface area contributed by atoms with Gasteiger partial charge in [-0.05, 0) is 39.9 Å². The van der Waals surface area contributed by atoms with Crippen LogP contribution in [0.2, 0.25) is 0 Å². The van der Waals surface area contributed by atoms with Crippen molar-refractivity contribution in [2.75, 3.05) is 0 Å². The summed E-state index contributed by atoms with van der Waals surface area (Å²) in [7, 11) is 0. The Bertz CT molecular complexity index is 624. The number of hydrogen-bond donors (Lipinski definition) is 1. The highest BCUT2D eigenvalue weighted by molar-refractivity contribution is 9.10. The van der Waals surface area contributed by atoms with Gasteiger partial charge in [0, 0.05) is 4.47 Å². The van der Waals surface area contributed by atoms with Crippen LogP contribution in [-0.2, 0) is 5.41 Å². The maximum atomic E-state index is 11.4. The Hall–Kier alpha value is -1.35. The van der Waals surface area contributed by atoms with Gasteiger partial charge in [-0.2, -0.15) is 0 Å². The van der Waals surface area contributed by atoms with E-state index in [4.69, 9.17) is 0 Å². The number of benzene rings is 2. The lowest BCUT2D eigenvalue weighted by Gasteiger charge is -2.24. The normalized spacial score (nSPS) is 11.8. The van der Waals surface area contributed by atoms with Crippen LogP contribution in [0.25, 0.3) is 10.8 Å². The van der Waals surface area contributed by atoms with Gasteiger partial charge >= 0.3 is 5.97 Å². The molecule has 2 aromatic rings. The van der Waals surface area contributed by atoms with Crippen LogP contribution in [0.3, 0.4) is 0 Å². The number of rotatable bonds is 1. The Balaban J connectivity index is 2.93. The minimum atomic E-state index is -0.873. The van der Waals surface area contributed by atoms with Crippen molar-refractivity contribution in [2.45, 2.75) is 26.2 Å². The second kappa shape index (κ2) is 4.39. The highest BCUT2D eigenvalue weighted by Gasteiger charge is 2.24. The molecule has 18 heavy (non-hydrogen) atoms. The van der Waals surface area contributed by atoms with E-state index in [1.165, 1.54) is 0 Å². The van der Waals surface area contributed by atoms with Gasteiger partial charge in [0.2, 0.25) is 0 Å². The van der Waals surface area contributed by atoms with E-state index in [-0.39, 0.29) is 5.41 Å². The van der Waals surface area contributed by atoms with Crippen molar-refractivity contribution in [1.29, 1.82) is 0 Å². The first-order valence-electron chi connectivity index (χ1n) is 5.77. The predicted octanol–water partition coefficient (Wildman–Crippen LogP) is 4.60. The van der Waals surface area contributed by atoms with E-state index in [9.17, 15) is 9.90 Å². The zero-order chi connectivity index (χ0) is 13.5. The van der Waals surface area contributed by atoms with E-state index in [0.717, 1.165) is 20.8 Å². The Kier molecular flexibility index (Phi) is 3.20. The standard InChI is InChI=1S/C15H15BrO2/c1-15(2,3)13-11(14(17)18)7-5-9-4-6-10(16)8-12(9)13/h4-8H,1-3H3,(H,17,18). The van der Waals surface area contributed by atoms with Gasteiger partial charge in [0.05, 0.1) is 5.56 Å². The van der Waals surface area contributed by atoms with Gasteiger partial charge in [0.15, 0.2) is 0 Å². The van der Waals surface area contributed by atoms with Crippen LogP contribution in [0.5, 0.6) is 0 Å². The lowest BCUT2D eigenvalue weighted by Crippen LogP contribution is -2.17. The van der Waals surface area contributed by atoms with E-state index in [0.29, 0.717) is 5.56 Å². The van der Waals surface area contributed by atoms with E-state index in [2.05, 4.69) is 15.9 Å². The number of carboxylic acids is 1. The highest BCUT2D eigenvalue weighted by Crippen LogP contribution is 2.34. The summed E-state index contributed by atoms with van der Waals surface area (Å²) in [6, 6.07) is 9.51. The predicted molar refractivity (Wildman–Crippen MR) is 77.3 cm³/mol. The minimum Gasteiger partial charge on any atom is -0.478 e. The number of fused-ring (bicyclic) bond motifs is 1. The quantitative estimate of drug-likeness (QED) is 0.836. The molecule has 0 aliphatic carbocycles. The summed E-state index contributed by atoms with van der Waals surface area (Å²) >= 11 is 3.45. The van der Waals surface area contributed by atoms with Crippen LogP contribution in [0.15, 0.2) is 34.8 Å². The summed E-state index contributed by atoms with van der Waals surface area (Å²) in [5.74, 6) is -0.873. The van der Waals surface area contributed by atoms with E-state index < -0.39 is 5.97 Å². The molecule has 2 nitrogen and oxygen atoms in total. The van der Waals surface area contributed by atoms with Crippen molar-refractivity contribution in [1.82, 2.24) is 0 Å². The van der Waals surface area contributed by atoms with Gasteiger partial charge in [0.1, 0.15) is 0 Å². The van der Waals surface area contributed by atoms with E-state index in [1.54, 1.807) is 6.07 Å². The lowest BCUT2D eigenvalue weighted by molar-refractivity contribution is 0.0694. The van der Waals surface area contributed by atoms with Crippen LogP contribution in [0, 0.1) is 0 Å². The second-order valence-corrected chi connectivity index (χ2v) is 6.32. The number of halogens is 1. The topological polar surface area (TPSA) is 37.3 Å². The van der Waals surface area contributed by atoms with Crippen molar-refractivity contribution in [3.05, 3.63) is 45.9 Å². The van der Waals surface area contributed by atoms with Crippen LogP contribution < -0.4 is 0 Å². The zero-order valence-corrected chi connectivity index (χ0v) is 12.2. The number of hydrogen-bond acceptors (Lipinski definition) is 1. The Morgan fingerprint density at radius 3 is 2.33 bits per heavy atom. The van der Waals surface area contributed by atoms with Gasteiger partial charge < -0.3 is 5.11 Å². The first kappa shape index (κ1) is 13.1. The zero-order valence-electron chi connectivity index (χ0n) is 10.6. The molecular weight excluding hydrogens is 292 g/mol. The van der Waals surface area contributed by atoms with Crippen molar-refractivity contribution in [3.63, 3.8) is 0 Å². The molecule has 3 heteroatoms. The molecule has 0 amide bonds. The smallest absolute Gasteiger partial charge is 0.336 e. The number of aromatic carboxylic acids is 1. The SMILES string of the molecule is CC(C)(C)c1c(C(=O)O)ccc2ccc(Br)cc12. The molecule has 0 spiro atoms. The molecule has 0 heterocycles. The molecule has 1 N–H and O–H groups in total. The fourth-order valence-electron chi connectivity index (χ4n) is 2.28. The van der Waals surface area contributed by atoms with Crippen molar-refractivity contribution < 1.29 is 9.90 Å². The van der Waals surface area contributed by atoms with Crippen LogP contribution in [0.4, 0.5) is 0 Å². The molecule has 0 saturated carbocycles. The van der Waals surface area contributed by atoms with Crippen LogP contribution in [-0.4, -0.2) is 11.1 Å². The van der Waals surface area contributed by atoms with Gasteiger partial charge in [-0.3, -0.25) is 0 Å². The largest absolute Gasteiger partial charge is 0.478 e. The number of carboxylic acid groups (broad SMARTS) is 1. The fraction of sp³-hybridized carbons (Fsp3) is 0.267. The van der Waals surface area contributed by atoms with Gasteiger partial charge in [-0.1, -0.05) is 48.8 Å². The molecule has 0 fully saturated rings. The molecule has 94 valence electrons. The van der Waals surface area contributed by atoms with E-state index >= 15 is 0 Å². The summed E-state index contributed by atoms with van der Waals surface area (Å²) in [4.78, 5) is 11.4. The van der Waals surface area contributed by atoms with E-state index in [1.807, 2.05) is 45.0 Å².